The molecule has 0 aromatic heterocycles. The Bertz CT molecular complexity index is 791. The standard InChI is InChI=1S/C22H29N3O4/c1-16(2)15-29-20-6-4-5-19(13-20)25-21(26)14-24-18-9-7-17(8-10-18)22(27)23-11-12-28-3/h4-10,13,16,24H,11-12,14-15H2,1-3H3,(H,23,27)(H,25,26). The molecular weight excluding hydrogens is 370 g/mol. The van der Waals surface area contributed by atoms with E-state index in [0.717, 1.165) is 11.4 Å². The number of hydrogen-bond acceptors (Lipinski definition) is 5. The highest BCUT2D eigenvalue weighted by atomic mass is 16.5. The van der Waals surface area contributed by atoms with Crippen LogP contribution in [0, 0.1) is 5.92 Å². The summed E-state index contributed by atoms with van der Waals surface area (Å²) in [5.74, 6) is 0.822. The highest BCUT2D eigenvalue weighted by Gasteiger charge is 2.07. The first kappa shape index (κ1) is 22.2. The van der Waals surface area contributed by atoms with Crippen LogP contribution >= 0.6 is 0 Å². The van der Waals surface area contributed by atoms with E-state index in [1.807, 2.05) is 18.2 Å². The Morgan fingerprint density at radius 1 is 1.03 bits per heavy atom. The number of methoxy groups -OCH3 is 1. The van der Waals surface area contributed by atoms with Gasteiger partial charge >= 0.3 is 0 Å². The van der Waals surface area contributed by atoms with Crippen LogP contribution in [0.3, 0.4) is 0 Å². The molecule has 0 heterocycles. The molecule has 2 amide bonds. The van der Waals surface area contributed by atoms with Gasteiger partial charge in [-0.3, -0.25) is 9.59 Å². The van der Waals surface area contributed by atoms with Crippen molar-refractivity contribution in [2.24, 2.45) is 5.92 Å². The van der Waals surface area contributed by atoms with Crippen molar-refractivity contribution < 1.29 is 19.1 Å². The van der Waals surface area contributed by atoms with Gasteiger partial charge in [0.2, 0.25) is 5.91 Å². The summed E-state index contributed by atoms with van der Waals surface area (Å²) in [6, 6.07) is 14.3. The normalized spacial score (nSPS) is 10.5. The van der Waals surface area contributed by atoms with Crippen LogP contribution in [0.15, 0.2) is 48.5 Å². The summed E-state index contributed by atoms with van der Waals surface area (Å²) in [5, 5.41) is 8.64. The number of rotatable bonds is 11. The van der Waals surface area contributed by atoms with Crippen LogP contribution in [0.4, 0.5) is 11.4 Å². The highest BCUT2D eigenvalue weighted by Crippen LogP contribution is 2.18. The average molecular weight is 399 g/mol. The van der Waals surface area contributed by atoms with Gasteiger partial charge in [0.05, 0.1) is 19.8 Å². The quantitative estimate of drug-likeness (QED) is 0.505. The van der Waals surface area contributed by atoms with E-state index in [2.05, 4.69) is 29.8 Å². The minimum Gasteiger partial charge on any atom is -0.493 e. The number of hydrogen-bond donors (Lipinski definition) is 3. The van der Waals surface area contributed by atoms with Crippen molar-refractivity contribution in [3.63, 3.8) is 0 Å². The molecule has 0 unspecified atom stereocenters. The summed E-state index contributed by atoms with van der Waals surface area (Å²) < 4.78 is 10.6. The molecule has 0 fully saturated rings. The second-order valence-electron chi connectivity index (χ2n) is 6.96. The van der Waals surface area contributed by atoms with Crippen molar-refractivity contribution in [1.29, 1.82) is 0 Å². The van der Waals surface area contributed by atoms with Crippen molar-refractivity contribution in [1.82, 2.24) is 5.32 Å². The van der Waals surface area contributed by atoms with Gasteiger partial charge in [-0.25, -0.2) is 0 Å². The number of nitrogens with one attached hydrogen (secondary N) is 3. The van der Waals surface area contributed by atoms with Gasteiger partial charge in [-0.15, -0.1) is 0 Å². The molecule has 2 rings (SSSR count). The number of benzene rings is 2. The van der Waals surface area contributed by atoms with Crippen LogP contribution in [0.1, 0.15) is 24.2 Å². The van der Waals surface area contributed by atoms with Gasteiger partial charge < -0.3 is 25.4 Å². The Hall–Kier alpha value is -3.06. The molecule has 0 saturated heterocycles. The second-order valence-corrected chi connectivity index (χ2v) is 6.96. The van der Waals surface area contributed by atoms with Crippen LogP contribution < -0.4 is 20.7 Å². The number of carbonyl (C=O) groups is 2. The van der Waals surface area contributed by atoms with Gasteiger partial charge in [0.25, 0.3) is 5.91 Å². The number of ether oxygens (including phenoxy) is 2. The van der Waals surface area contributed by atoms with Crippen LogP contribution in [0.25, 0.3) is 0 Å². The molecule has 3 N–H and O–H groups in total. The van der Waals surface area contributed by atoms with Crippen molar-refractivity contribution in [2.45, 2.75) is 13.8 Å². The summed E-state index contributed by atoms with van der Waals surface area (Å²) in [6.07, 6.45) is 0. The number of amides is 2. The summed E-state index contributed by atoms with van der Waals surface area (Å²) in [5.41, 5.74) is 1.98. The topological polar surface area (TPSA) is 88.7 Å². The number of anilines is 2. The molecule has 2 aromatic carbocycles. The minimum absolute atomic E-state index is 0.108. The molecule has 0 spiro atoms. The van der Waals surface area contributed by atoms with E-state index in [1.165, 1.54) is 0 Å². The van der Waals surface area contributed by atoms with Crippen molar-refractivity contribution >= 4 is 23.2 Å². The molecule has 0 bridgehead atoms. The zero-order valence-electron chi connectivity index (χ0n) is 17.2. The molecule has 0 aliphatic rings. The third-order valence-corrected chi connectivity index (χ3v) is 3.89. The van der Waals surface area contributed by atoms with Crippen molar-refractivity contribution in [3.8, 4) is 5.75 Å². The van der Waals surface area contributed by atoms with Gasteiger partial charge in [-0.1, -0.05) is 19.9 Å². The zero-order chi connectivity index (χ0) is 21.1. The van der Waals surface area contributed by atoms with E-state index in [4.69, 9.17) is 9.47 Å². The van der Waals surface area contributed by atoms with Crippen LogP contribution in [-0.4, -0.2) is 45.2 Å². The molecule has 7 nitrogen and oxygen atoms in total. The summed E-state index contributed by atoms with van der Waals surface area (Å²) >= 11 is 0. The molecule has 0 radical (unpaired) electrons. The summed E-state index contributed by atoms with van der Waals surface area (Å²) in [7, 11) is 1.58. The third-order valence-electron chi connectivity index (χ3n) is 3.89. The van der Waals surface area contributed by atoms with E-state index in [9.17, 15) is 9.59 Å². The smallest absolute Gasteiger partial charge is 0.251 e. The number of carbonyl (C=O) groups excluding carboxylic acids is 2. The Morgan fingerprint density at radius 3 is 2.48 bits per heavy atom. The lowest BCUT2D eigenvalue weighted by atomic mass is 10.2. The van der Waals surface area contributed by atoms with Crippen LogP contribution in [0.5, 0.6) is 5.75 Å². The van der Waals surface area contributed by atoms with Crippen LogP contribution in [0.2, 0.25) is 0 Å². The molecule has 2 aromatic rings. The van der Waals surface area contributed by atoms with Gasteiger partial charge in [-0.05, 0) is 42.3 Å². The predicted molar refractivity (Wildman–Crippen MR) is 115 cm³/mol. The molecule has 7 heteroatoms. The van der Waals surface area contributed by atoms with Gasteiger partial charge in [-0.2, -0.15) is 0 Å². The SMILES string of the molecule is COCCNC(=O)c1ccc(NCC(=O)Nc2cccc(OCC(C)C)c2)cc1. The molecule has 156 valence electrons. The lowest BCUT2D eigenvalue weighted by Crippen LogP contribution is -2.26. The van der Waals surface area contributed by atoms with E-state index in [0.29, 0.717) is 36.9 Å². The summed E-state index contributed by atoms with van der Waals surface area (Å²) in [6.45, 7) is 5.82. The lowest BCUT2D eigenvalue weighted by Gasteiger charge is -2.11. The maximum Gasteiger partial charge on any atom is 0.251 e. The van der Waals surface area contributed by atoms with E-state index >= 15 is 0 Å². The Labute approximate surface area is 171 Å². The molecule has 0 saturated carbocycles. The monoisotopic (exact) mass is 399 g/mol. The summed E-state index contributed by atoms with van der Waals surface area (Å²) in [4.78, 5) is 24.1. The van der Waals surface area contributed by atoms with Crippen molar-refractivity contribution in [3.05, 3.63) is 54.1 Å². The van der Waals surface area contributed by atoms with E-state index in [-0.39, 0.29) is 18.4 Å². The Morgan fingerprint density at radius 2 is 1.79 bits per heavy atom. The maximum absolute atomic E-state index is 12.2. The van der Waals surface area contributed by atoms with Crippen molar-refractivity contribution in [2.75, 3.05) is 44.0 Å². The zero-order valence-corrected chi connectivity index (χ0v) is 17.2. The second kappa shape index (κ2) is 11.7. The van der Waals surface area contributed by atoms with E-state index < -0.39 is 0 Å². The lowest BCUT2D eigenvalue weighted by molar-refractivity contribution is -0.114. The maximum atomic E-state index is 12.2. The fourth-order valence-corrected chi connectivity index (χ4v) is 2.42. The first-order chi connectivity index (χ1) is 14.0. The Kier molecular flexibility index (Phi) is 8.98. The van der Waals surface area contributed by atoms with Gasteiger partial charge in [0.1, 0.15) is 5.75 Å². The van der Waals surface area contributed by atoms with Crippen LogP contribution in [-0.2, 0) is 9.53 Å². The third kappa shape index (κ3) is 8.23. The highest BCUT2D eigenvalue weighted by molar-refractivity contribution is 5.95. The largest absolute Gasteiger partial charge is 0.493 e. The fraction of sp³-hybridized carbons (Fsp3) is 0.364. The molecule has 0 aliphatic heterocycles. The molecular formula is C22H29N3O4. The van der Waals surface area contributed by atoms with E-state index in [1.54, 1.807) is 37.4 Å². The molecule has 0 atom stereocenters. The predicted octanol–water partition coefficient (Wildman–Crippen LogP) is 3.15. The minimum atomic E-state index is -0.174. The first-order valence-electron chi connectivity index (χ1n) is 9.61. The average Bonchev–Trinajstić information content (AvgIpc) is 2.71. The fourth-order valence-electron chi connectivity index (χ4n) is 2.42. The van der Waals surface area contributed by atoms with Gasteiger partial charge in [0, 0.05) is 36.7 Å². The molecule has 29 heavy (non-hydrogen) atoms. The molecule has 0 aliphatic carbocycles. The Balaban J connectivity index is 1.80. The first-order valence-corrected chi connectivity index (χ1v) is 9.61. The van der Waals surface area contributed by atoms with Gasteiger partial charge in [0.15, 0.2) is 0 Å².